The number of hydrogen-bond acceptors (Lipinski definition) is 4. The Morgan fingerprint density at radius 2 is 1.89 bits per heavy atom. The van der Waals surface area contributed by atoms with E-state index >= 15 is 0 Å². The van der Waals surface area contributed by atoms with E-state index in [1.165, 1.54) is 0 Å². The number of benzene rings is 2. The summed E-state index contributed by atoms with van der Waals surface area (Å²) in [5.74, 6) is -0.314. The number of amides is 2. The molecular weight excluding hydrogens is 344 g/mol. The molecule has 27 heavy (non-hydrogen) atoms. The maximum Gasteiger partial charge on any atom is 0.262 e. The molecule has 3 rings (SSSR count). The van der Waals surface area contributed by atoms with Crippen molar-refractivity contribution < 1.29 is 14.3 Å². The van der Waals surface area contributed by atoms with E-state index in [4.69, 9.17) is 10.5 Å². The summed E-state index contributed by atoms with van der Waals surface area (Å²) in [6.45, 7) is 3.88. The molecule has 7 nitrogen and oxygen atoms in total. The molecule has 0 saturated heterocycles. The van der Waals surface area contributed by atoms with Crippen LogP contribution in [0.1, 0.15) is 15.9 Å². The van der Waals surface area contributed by atoms with Crippen molar-refractivity contribution in [1.82, 2.24) is 9.55 Å². The molecule has 3 N–H and O–H groups in total. The lowest BCUT2D eigenvalue weighted by molar-refractivity contribution is -0.118. The van der Waals surface area contributed by atoms with Crippen LogP contribution in [0.15, 0.2) is 73.8 Å². The zero-order chi connectivity index (χ0) is 19.2. The summed E-state index contributed by atoms with van der Waals surface area (Å²) in [5.41, 5.74) is 7.55. The first-order valence-electron chi connectivity index (χ1n) is 8.14. The number of nitrogens with zero attached hydrogens (tertiary/aromatic N) is 2. The van der Waals surface area contributed by atoms with Crippen molar-refractivity contribution in [3.05, 3.63) is 85.0 Å². The summed E-state index contributed by atoms with van der Waals surface area (Å²) in [6, 6.07) is 13.6. The van der Waals surface area contributed by atoms with Gasteiger partial charge in [0.2, 0.25) is 5.91 Å². The number of nitrogens with one attached hydrogen (secondary N) is 1. The number of nitrogens with two attached hydrogens (primary N) is 1. The first-order chi connectivity index (χ1) is 13.0. The van der Waals surface area contributed by atoms with Gasteiger partial charge in [0.05, 0.1) is 12.0 Å². The Bertz CT molecular complexity index is 963. The van der Waals surface area contributed by atoms with E-state index in [9.17, 15) is 9.59 Å². The minimum atomic E-state index is -0.522. The normalized spacial score (nSPS) is 10.2. The standard InChI is InChI=1S/C20H18N4O3/c1-14(24-11-10-22-13-24)17-4-2-3-5-18(17)27-12-19(25)23-16-8-6-15(7-9-16)20(21)26/h2-11,13H,1,12H2,(H2,21,26)(H,23,25). The predicted molar refractivity (Wildman–Crippen MR) is 102 cm³/mol. The van der Waals surface area contributed by atoms with E-state index in [0.29, 0.717) is 22.7 Å². The van der Waals surface area contributed by atoms with Crippen LogP contribution in [-0.4, -0.2) is 28.0 Å². The lowest BCUT2D eigenvalue weighted by Gasteiger charge is -2.14. The van der Waals surface area contributed by atoms with Gasteiger partial charge in [-0.25, -0.2) is 4.98 Å². The largest absolute Gasteiger partial charge is 0.483 e. The molecule has 1 aromatic heterocycles. The predicted octanol–water partition coefficient (Wildman–Crippen LogP) is 2.52. The molecule has 0 unspecified atom stereocenters. The Morgan fingerprint density at radius 3 is 2.56 bits per heavy atom. The Balaban J connectivity index is 1.64. The first-order valence-corrected chi connectivity index (χ1v) is 8.14. The first kappa shape index (κ1) is 17.9. The van der Waals surface area contributed by atoms with E-state index in [1.54, 1.807) is 53.6 Å². The summed E-state index contributed by atoms with van der Waals surface area (Å²) < 4.78 is 7.44. The summed E-state index contributed by atoms with van der Waals surface area (Å²) in [7, 11) is 0. The van der Waals surface area contributed by atoms with E-state index < -0.39 is 5.91 Å². The molecule has 2 amide bonds. The van der Waals surface area contributed by atoms with Gasteiger partial charge in [-0.3, -0.25) is 9.59 Å². The molecule has 0 radical (unpaired) electrons. The fourth-order valence-electron chi connectivity index (χ4n) is 2.45. The third kappa shape index (κ3) is 4.40. The van der Waals surface area contributed by atoms with Crippen molar-refractivity contribution in [1.29, 1.82) is 0 Å². The van der Waals surface area contributed by atoms with Crippen molar-refractivity contribution in [2.45, 2.75) is 0 Å². The van der Waals surface area contributed by atoms with Gasteiger partial charge in [0.25, 0.3) is 5.91 Å². The van der Waals surface area contributed by atoms with Crippen molar-refractivity contribution in [2.24, 2.45) is 5.73 Å². The minimum absolute atomic E-state index is 0.175. The third-order valence-electron chi connectivity index (χ3n) is 3.83. The second kappa shape index (κ2) is 8.01. The van der Waals surface area contributed by atoms with Gasteiger partial charge in [-0.05, 0) is 36.4 Å². The SMILES string of the molecule is C=C(c1ccccc1OCC(=O)Nc1ccc(C(N)=O)cc1)n1ccnc1. The van der Waals surface area contributed by atoms with Gasteiger partial charge in [0.15, 0.2) is 6.61 Å². The molecule has 0 spiro atoms. The third-order valence-corrected chi connectivity index (χ3v) is 3.83. The molecular formula is C20H18N4O3. The highest BCUT2D eigenvalue weighted by Crippen LogP contribution is 2.25. The average molecular weight is 362 g/mol. The van der Waals surface area contributed by atoms with Crippen molar-refractivity contribution >= 4 is 23.2 Å². The number of aromatic nitrogens is 2. The molecule has 0 aliphatic carbocycles. The fourth-order valence-corrected chi connectivity index (χ4v) is 2.45. The number of ether oxygens (including phenoxy) is 1. The zero-order valence-electron chi connectivity index (χ0n) is 14.5. The second-order valence-corrected chi connectivity index (χ2v) is 5.69. The second-order valence-electron chi connectivity index (χ2n) is 5.69. The Morgan fingerprint density at radius 1 is 1.15 bits per heavy atom. The molecule has 0 fully saturated rings. The van der Waals surface area contributed by atoms with Crippen LogP contribution in [0.4, 0.5) is 5.69 Å². The monoisotopic (exact) mass is 362 g/mol. The summed E-state index contributed by atoms with van der Waals surface area (Å²) >= 11 is 0. The number of carbonyl (C=O) groups excluding carboxylic acids is 2. The number of primary amides is 1. The average Bonchev–Trinajstić information content (AvgIpc) is 3.21. The summed E-state index contributed by atoms with van der Waals surface area (Å²) in [5, 5.41) is 2.70. The Kier molecular flexibility index (Phi) is 5.32. The van der Waals surface area contributed by atoms with Crippen LogP contribution in [0.5, 0.6) is 5.75 Å². The highest BCUT2D eigenvalue weighted by atomic mass is 16.5. The zero-order valence-corrected chi connectivity index (χ0v) is 14.5. The summed E-state index contributed by atoms with van der Waals surface area (Å²) in [4.78, 5) is 27.2. The minimum Gasteiger partial charge on any atom is -0.483 e. The van der Waals surface area contributed by atoms with Gasteiger partial charge in [-0.1, -0.05) is 18.7 Å². The Labute approximate surface area is 156 Å². The van der Waals surface area contributed by atoms with E-state index in [0.717, 1.165) is 5.56 Å². The van der Waals surface area contributed by atoms with E-state index in [1.807, 2.05) is 18.2 Å². The van der Waals surface area contributed by atoms with Gasteiger partial charge in [-0.2, -0.15) is 0 Å². The maximum atomic E-state index is 12.1. The fraction of sp³-hybridized carbons (Fsp3) is 0.0500. The van der Waals surface area contributed by atoms with Crippen molar-refractivity contribution in [3.63, 3.8) is 0 Å². The molecule has 0 saturated carbocycles. The van der Waals surface area contributed by atoms with Crippen molar-refractivity contribution in [3.8, 4) is 5.75 Å². The lowest BCUT2D eigenvalue weighted by Crippen LogP contribution is -2.20. The molecule has 0 aliphatic rings. The van der Waals surface area contributed by atoms with E-state index in [-0.39, 0.29) is 12.5 Å². The highest BCUT2D eigenvalue weighted by molar-refractivity contribution is 5.95. The van der Waals surface area contributed by atoms with E-state index in [2.05, 4.69) is 16.9 Å². The number of carbonyl (C=O) groups is 2. The molecule has 7 heteroatoms. The van der Waals surface area contributed by atoms with Crippen LogP contribution >= 0.6 is 0 Å². The van der Waals surface area contributed by atoms with Gasteiger partial charge >= 0.3 is 0 Å². The maximum absolute atomic E-state index is 12.1. The molecule has 3 aromatic rings. The van der Waals surface area contributed by atoms with Gasteiger partial charge in [0, 0.05) is 29.2 Å². The number of rotatable bonds is 7. The number of anilines is 1. The van der Waals surface area contributed by atoms with Crippen LogP contribution in [0.25, 0.3) is 5.70 Å². The van der Waals surface area contributed by atoms with Gasteiger partial charge in [0.1, 0.15) is 5.75 Å². The van der Waals surface area contributed by atoms with Crippen LogP contribution in [0, 0.1) is 0 Å². The number of hydrogen-bond donors (Lipinski definition) is 2. The summed E-state index contributed by atoms with van der Waals surface area (Å²) in [6.07, 6.45) is 5.08. The van der Waals surface area contributed by atoms with Crippen LogP contribution in [-0.2, 0) is 4.79 Å². The van der Waals surface area contributed by atoms with Crippen molar-refractivity contribution in [2.75, 3.05) is 11.9 Å². The molecule has 2 aromatic carbocycles. The lowest BCUT2D eigenvalue weighted by atomic mass is 10.1. The molecule has 0 atom stereocenters. The number of imidazole rings is 1. The number of para-hydroxylation sites is 1. The smallest absolute Gasteiger partial charge is 0.262 e. The van der Waals surface area contributed by atoms with Gasteiger partial charge < -0.3 is 20.4 Å². The molecule has 0 bridgehead atoms. The van der Waals surface area contributed by atoms with Crippen LogP contribution < -0.4 is 15.8 Å². The molecule has 136 valence electrons. The highest BCUT2D eigenvalue weighted by Gasteiger charge is 2.11. The van der Waals surface area contributed by atoms with Gasteiger partial charge in [-0.15, -0.1) is 0 Å². The molecule has 1 heterocycles. The molecule has 0 aliphatic heterocycles. The Hall–Kier alpha value is -3.87. The quantitative estimate of drug-likeness (QED) is 0.674. The topological polar surface area (TPSA) is 99.2 Å². The van der Waals surface area contributed by atoms with Crippen LogP contribution in [0.3, 0.4) is 0 Å². The van der Waals surface area contributed by atoms with Crippen LogP contribution in [0.2, 0.25) is 0 Å².